The summed E-state index contributed by atoms with van der Waals surface area (Å²) in [6.07, 6.45) is 13.8. The zero-order chi connectivity index (χ0) is 21.4. The van der Waals surface area contributed by atoms with Gasteiger partial charge in [-0.05, 0) is 114 Å². The molecule has 8 aliphatic rings. The number of ketones is 2. The fourth-order valence-electron chi connectivity index (χ4n) is 9.50. The van der Waals surface area contributed by atoms with Crippen LogP contribution in [0, 0.1) is 46.3 Å². The first-order chi connectivity index (χ1) is 14.7. The molecule has 0 radical (unpaired) electrons. The Kier molecular flexibility index (Phi) is 4.79. The van der Waals surface area contributed by atoms with Crippen LogP contribution < -0.4 is 0 Å². The third-order valence-corrected chi connectivity index (χ3v) is 10.4. The van der Waals surface area contributed by atoms with Crippen LogP contribution in [0.5, 0.6) is 0 Å². The molecular weight excluding hydrogens is 388 g/mol. The van der Waals surface area contributed by atoms with Crippen molar-refractivity contribution in [2.45, 2.75) is 96.7 Å². The Balaban J connectivity index is 0.985. The van der Waals surface area contributed by atoms with Gasteiger partial charge in [0.2, 0.25) is 0 Å². The first kappa shape index (κ1) is 20.8. The van der Waals surface area contributed by atoms with Crippen molar-refractivity contribution in [3.63, 3.8) is 0 Å². The van der Waals surface area contributed by atoms with Crippen molar-refractivity contribution in [3.8, 4) is 0 Å². The summed E-state index contributed by atoms with van der Waals surface area (Å²) in [5.74, 6) is 3.55. The van der Waals surface area contributed by atoms with Crippen LogP contribution >= 0.6 is 0 Å². The van der Waals surface area contributed by atoms with Gasteiger partial charge in [0.1, 0.15) is 11.6 Å². The molecule has 8 saturated carbocycles. The summed E-state index contributed by atoms with van der Waals surface area (Å²) in [7, 11) is 0. The van der Waals surface area contributed by atoms with E-state index in [-0.39, 0.29) is 0 Å². The zero-order valence-electron chi connectivity index (χ0n) is 19.5. The fourth-order valence-corrected chi connectivity index (χ4v) is 9.50. The summed E-state index contributed by atoms with van der Waals surface area (Å²) < 4.78 is 12.5. The van der Waals surface area contributed by atoms with E-state index in [4.69, 9.17) is 9.47 Å². The highest BCUT2D eigenvalue weighted by Crippen LogP contribution is 2.61. The highest BCUT2D eigenvalue weighted by molar-refractivity contribution is 5.86. The molecule has 172 valence electrons. The Hall–Kier alpha value is -0.740. The van der Waals surface area contributed by atoms with Crippen molar-refractivity contribution < 1.29 is 19.1 Å². The molecule has 0 heterocycles. The van der Waals surface area contributed by atoms with Gasteiger partial charge in [0.15, 0.2) is 5.79 Å². The molecular formula is C27H40O4. The third-order valence-electron chi connectivity index (χ3n) is 10.4. The lowest BCUT2D eigenvalue weighted by molar-refractivity contribution is -0.225. The molecule has 4 heteroatoms. The summed E-state index contributed by atoms with van der Waals surface area (Å²) in [4.78, 5) is 24.9. The maximum atomic E-state index is 12.4. The molecule has 8 rings (SSSR count). The van der Waals surface area contributed by atoms with E-state index in [1.165, 1.54) is 12.8 Å². The van der Waals surface area contributed by atoms with Crippen LogP contribution in [-0.2, 0) is 19.1 Å². The summed E-state index contributed by atoms with van der Waals surface area (Å²) >= 11 is 0. The van der Waals surface area contributed by atoms with E-state index in [0.29, 0.717) is 46.1 Å². The van der Waals surface area contributed by atoms with E-state index >= 15 is 0 Å². The molecule has 4 unspecified atom stereocenters. The maximum Gasteiger partial charge on any atom is 0.162 e. The molecule has 0 amide bonds. The minimum Gasteiger partial charge on any atom is -0.351 e. The average molecular weight is 429 g/mol. The molecule has 31 heavy (non-hydrogen) atoms. The van der Waals surface area contributed by atoms with Crippen molar-refractivity contribution in [2.75, 3.05) is 13.2 Å². The second kappa shape index (κ2) is 7.13. The molecule has 8 bridgehead atoms. The summed E-state index contributed by atoms with van der Waals surface area (Å²) in [6.45, 7) is 5.58. The van der Waals surface area contributed by atoms with E-state index in [0.717, 1.165) is 89.3 Å². The largest absolute Gasteiger partial charge is 0.351 e. The van der Waals surface area contributed by atoms with Crippen LogP contribution in [-0.4, -0.2) is 30.6 Å². The van der Waals surface area contributed by atoms with Crippen molar-refractivity contribution in [1.29, 1.82) is 0 Å². The van der Waals surface area contributed by atoms with Crippen LogP contribution in [0.25, 0.3) is 0 Å². The Morgan fingerprint density at radius 3 is 1.39 bits per heavy atom. The number of carbonyl (C=O) groups excluding carboxylic acids is 2. The lowest BCUT2D eigenvalue weighted by Crippen LogP contribution is -2.52. The van der Waals surface area contributed by atoms with Crippen molar-refractivity contribution >= 4 is 11.6 Å². The van der Waals surface area contributed by atoms with E-state index in [1.54, 1.807) is 0 Å². The molecule has 0 aromatic carbocycles. The molecule has 4 nitrogen and oxygen atoms in total. The molecule has 4 atom stereocenters. The van der Waals surface area contributed by atoms with Crippen LogP contribution in [0.2, 0.25) is 0 Å². The summed E-state index contributed by atoms with van der Waals surface area (Å²) in [5.41, 5.74) is 0.707. The first-order valence-corrected chi connectivity index (χ1v) is 13.1. The van der Waals surface area contributed by atoms with Gasteiger partial charge in [-0.15, -0.1) is 0 Å². The van der Waals surface area contributed by atoms with Gasteiger partial charge in [0, 0.05) is 23.7 Å². The van der Waals surface area contributed by atoms with Crippen LogP contribution in [0.4, 0.5) is 0 Å². The van der Waals surface area contributed by atoms with Gasteiger partial charge in [0.25, 0.3) is 0 Å². The van der Waals surface area contributed by atoms with Gasteiger partial charge in [-0.2, -0.15) is 0 Å². The predicted molar refractivity (Wildman–Crippen MR) is 117 cm³/mol. The number of Topliss-reactive ketones (excluding diaryl/α,β-unsaturated/α-hetero) is 2. The third kappa shape index (κ3) is 3.64. The average Bonchev–Trinajstić information content (AvgIpc) is 2.68. The summed E-state index contributed by atoms with van der Waals surface area (Å²) in [6, 6.07) is 0. The van der Waals surface area contributed by atoms with Crippen LogP contribution in [0.15, 0.2) is 0 Å². The first-order valence-electron chi connectivity index (χ1n) is 13.1. The lowest BCUT2D eigenvalue weighted by atomic mass is 9.48. The highest BCUT2D eigenvalue weighted by Gasteiger charge is 2.56. The van der Waals surface area contributed by atoms with Crippen molar-refractivity contribution in [2.24, 2.45) is 46.3 Å². The lowest BCUT2D eigenvalue weighted by Gasteiger charge is -2.56. The second-order valence-corrected chi connectivity index (χ2v) is 13.1. The molecule has 0 N–H and O–H groups in total. The highest BCUT2D eigenvalue weighted by atomic mass is 16.7. The van der Waals surface area contributed by atoms with Crippen molar-refractivity contribution in [1.82, 2.24) is 0 Å². The van der Waals surface area contributed by atoms with E-state index in [9.17, 15) is 9.59 Å². The van der Waals surface area contributed by atoms with Crippen molar-refractivity contribution in [3.05, 3.63) is 0 Å². The number of carbonyl (C=O) groups is 2. The predicted octanol–water partition coefficient (Wildman–Crippen LogP) is 5.33. The second-order valence-electron chi connectivity index (χ2n) is 13.1. The SMILES string of the molecule is CC(C)(OCCC12CC3CC(C1)C(=O)C(C3)C2)OCCC12CC3CC(C1)C(=O)C(C3)C2. The Labute approximate surface area is 187 Å². The zero-order valence-corrected chi connectivity index (χ0v) is 19.5. The van der Waals surface area contributed by atoms with E-state index in [1.807, 2.05) is 0 Å². The van der Waals surface area contributed by atoms with Gasteiger partial charge in [-0.3, -0.25) is 9.59 Å². The Morgan fingerprint density at radius 2 is 1.03 bits per heavy atom. The normalized spacial score (nSPS) is 47.5. The van der Waals surface area contributed by atoms with Gasteiger partial charge < -0.3 is 9.47 Å². The topological polar surface area (TPSA) is 52.6 Å². The number of ether oxygens (including phenoxy) is 2. The molecule has 8 fully saturated rings. The fraction of sp³-hybridized carbons (Fsp3) is 0.926. The van der Waals surface area contributed by atoms with Gasteiger partial charge in [-0.25, -0.2) is 0 Å². The quantitative estimate of drug-likeness (QED) is 0.491. The monoisotopic (exact) mass is 428 g/mol. The van der Waals surface area contributed by atoms with Gasteiger partial charge >= 0.3 is 0 Å². The van der Waals surface area contributed by atoms with E-state index in [2.05, 4.69) is 13.8 Å². The van der Waals surface area contributed by atoms with Gasteiger partial charge in [-0.1, -0.05) is 0 Å². The number of hydrogen-bond donors (Lipinski definition) is 0. The standard InChI is InChI=1S/C27H40O4/c1-25(2,30-5-3-26-11-17-7-19(13-26)23(28)20(8-17)14-26)31-6-4-27-12-18-9-21(15-27)24(29)22(10-18)16-27/h17-22H,3-16H2,1-2H3. The minimum absolute atomic E-state index is 0.350. The van der Waals surface area contributed by atoms with Gasteiger partial charge in [0.05, 0.1) is 13.2 Å². The van der Waals surface area contributed by atoms with Crippen LogP contribution in [0.3, 0.4) is 0 Å². The molecule has 0 aromatic heterocycles. The molecule has 0 aromatic rings. The molecule has 0 saturated heterocycles. The Bertz CT molecular complexity index is 671. The summed E-state index contributed by atoms with van der Waals surface area (Å²) in [5, 5.41) is 0. The Morgan fingerprint density at radius 1 is 0.677 bits per heavy atom. The smallest absolute Gasteiger partial charge is 0.162 e. The van der Waals surface area contributed by atoms with E-state index < -0.39 is 5.79 Å². The maximum absolute atomic E-state index is 12.4. The molecule has 8 aliphatic carbocycles. The number of rotatable bonds is 8. The molecule has 0 spiro atoms. The minimum atomic E-state index is -0.559. The van der Waals surface area contributed by atoms with Crippen LogP contribution in [0.1, 0.15) is 90.9 Å². The molecule has 0 aliphatic heterocycles. The number of hydrogen-bond acceptors (Lipinski definition) is 4.